The Morgan fingerprint density at radius 3 is 2.65 bits per heavy atom. The van der Waals surface area contributed by atoms with Crippen LogP contribution in [0.1, 0.15) is 39.2 Å². The van der Waals surface area contributed by atoms with Crippen molar-refractivity contribution in [2.24, 2.45) is 0 Å². The highest BCUT2D eigenvalue weighted by atomic mass is 15.3. The number of hydrogen-bond donors (Lipinski definition) is 1. The molecule has 0 spiro atoms. The molecule has 2 heterocycles. The second-order valence-electron chi connectivity index (χ2n) is 5.11. The summed E-state index contributed by atoms with van der Waals surface area (Å²) in [5.74, 6) is 0.878. The zero-order chi connectivity index (χ0) is 12.3. The molecule has 1 aromatic heterocycles. The van der Waals surface area contributed by atoms with Gasteiger partial charge in [-0.1, -0.05) is 13.8 Å². The first-order valence-corrected chi connectivity index (χ1v) is 6.48. The van der Waals surface area contributed by atoms with Crippen LogP contribution in [0, 0.1) is 0 Å². The lowest BCUT2D eigenvalue weighted by Crippen LogP contribution is -2.28. The van der Waals surface area contributed by atoms with Crippen molar-refractivity contribution in [1.82, 2.24) is 15.3 Å². The van der Waals surface area contributed by atoms with E-state index in [0.717, 1.165) is 24.6 Å². The minimum atomic E-state index is 0.494. The summed E-state index contributed by atoms with van der Waals surface area (Å²) in [5.41, 5.74) is 1.15. The molecule has 1 saturated heterocycles. The minimum absolute atomic E-state index is 0.494. The monoisotopic (exact) mass is 234 g/mol. The highest BCUT2D eigenvalue weighted by Crippen LogP contribution is 2.21. The van der Waals surface area contributed by atoms with Gasteiger partial charge in [-0.3, -0.25) is 0 Å². The molecular formula is C13H22N4. The fourth-order valence-electron chi connectivity index (χ4n) is 2.14. The molecule has 0 saturated carbocycles. The Balaban J connectivity index is 1.97. The summed E-state index contributed by atoms with van der Waals surface area (Å²) >= 11 is 0. The Kier molecular flexibility index (Phi) is 3.94. The second kappa shape index (κ2) is 5.45. The molecular weight excluding hydrogens is 212 g/mol. The molecule has 1 fully saturated rings. The Hall–Kier alpha value is -1.16. The van der Waals surface area contributed by atoms with Crippen molar-refractivity contribution >= 4 is 5.95 Å². The van der Waals surface area contributed by atoms with Crippen molar-refractivity contribution in [3.05, 3.63) is 18.0 Å². The molecule has 4 heteroatoms. The molecule has 17 heavy (non-hydrogen) atoms. The molecule has 0 bridgehead atoms. The van der Waals surface area contributed by atoms with Crippen molar-refractivity contribution in [2.45, 2.75) is 52.2 Å². The first-order valence-electron chi connectivity index (χ1n) is 6.48. The lowest BCUT2D eigenvalue weighted by Gasteiger charge is -2.21. The standard InChI is InChI=1S/C13H22N4/c1-10(2)14-7-12-8-15-13(16-9-12)17-6-4-5-11(17)3/h8-11,14H,4-7H2,1-3H3. The van der Waals surface area contributed by atoms with Crippen LogP contribution < -0.4 is 10.2 Å². The molecule has 4 nitrogen and oxygen atoms in total. The highest BCUT2D eigenvalue weighted by molar-refractivity contribution is 5.32. The Morgan fingerprint density at radius 1 is 1.41 bits per heavy atom. The van der Waals surface area contributed by atoms with Crippen molar-refractivity contribution < 1.29 is 0 Å². The van der Waals surface area contributed by atoms with Gasteiger partial charge in [-0.25, -0.2) is 9.97 Å². The molecule has 0 aliphatic carbocycles. The van der Waals surface area contributed by atoms with Gasteiger partial charge in [0.1, 0.15) is 0 Å². The number of rotatable bonds is 4. The topological polar surface area (TPSA) is 41.1 Å². The van der Waals surface area contributed by atoms with Gasteiger partial charge in [-0.05, 0) is 19.8 Å². The van der Waals surface area contributed by atoms with Crippen LogP contribution in [-0.2, 0) is 6.54 Å². The van der Waals surface area contributed by atoms with E-state index in [1.807, 2.05) is 12.4 Å². The highest BCUT2D eigenvalue weighted by Gasteiger charge is 2.22. The Labute approximate surface area is 103 Å². The molecule has 2 rings (SSSR count). The van der Waals surface area contributed by atoms with E-state index in [1.165, 1.54) is 12.8 Å². The van der Waals surface area contributed by atoms with Crippen LogP contribution in [0.3, 0.4) is 0 Å². The van der Waals surface area contributed by atoms with Crippen LogP contribution in [0.4, 0.5) is 5.95 Å². The average molecular weight is 234 g/mol. The van der Waals surface area contributed by atoms with Gasteiger partial charge in [-0.2, -0.15) is 0 Å². The van der Waals surface area contributed by atoms with Gasteiger partial charge in [0.2, 0.25) is 5.95 Å². The largest absolute Gasteiger partial charge is 0.338 e. The van der Waals surface area contributed by atoms with Crippen LogP contribution in [0.15, 0.2) is 12.4 Å². The molecule has 0 aromatic carbocycles. The van der Waals surface area contributed by atoms with Gasteiger partial charge < -0.3 is 10.2 Å². The van der Waals surface area contributed by atoms with Gasteiger partial charge in [0.05, 0.1) is 0 Å². The maximum absolute atomic E-state index is 4.46. The summed E-state index contributed by atoms with van der Waals surface area (Å²) < 4.78 is 0. The number of hydrogen-bond acceptors (Lipinski definition) is 4. The van der Waals surface area contributed by atoms with E-state index in [-0.39, 0.29) is 0 Å². The number of nitrogens with one attached hydrogen (secondary N) is 1. The molecule has 1 N–H and O–H groups in total. The number of aromatic nitrogens is 2. The van der Waals surface area contributed by atoms with Gasteiger partial charge >= 0.3 is 0 Å². The lowest BCUT2D eigenvalue weighted by atomic mass is 10.2. The van der Waals surface area contributed by atoms with Crippen LogP contribution in [0.5, 0.6) is 0 Å². The molecule has 0 amide bonds. The number of anilines is 1. The second-order valence-corrected chi connectivity index (χ2v) is 5.11. The molecule has 1 aliphatic rings. The SMILES string of the molecule is CC(C)NCc1cnc(N2CCCC2C)nc1. The van der Waals surface area contributed by atoms with Crippen molar-refractivity contribution in [3.63, 3.8) is 0 Å². The molecule has 0 radical (unpaired) electrons. The molecule has 1 unspecified atom stereocenters. The Morgan fingerprint density at radius 2 is 2.12 bits per heavy atom. The normalized spacial score (nSPS) is 20.2. The smallest absolute Gasteiger partial charge is 0.225 e. The van der Waals surface area contributed by atoms with E-state index in [2.05, 4.69) is 41.0 Å². The summed E-state index contributed by atoms with van der Waals surface area (Å²) in [6.07, 6.45) is 6.37. The maximum Gasteiger partial charge on any atom is 0.225 e. The third-order valence-electron chi connectivity index (χ3n) is 3.22. The first kappa shape index (κ1) is 12.3. The molecule has 1 atom stereocenters. The van der Waals surface area contributed by atoms with Gasteiger partial charge in [0.25, 0.3) is 0 Å². The maximum atomic E-state index is 4.46. The van der Waals surface area contributed by atoms with Gasteiger partial charge in [0, 0.05) is 43.1 Å². The molecule has 1 aromatic rings. The summed E-state index contributed by atoms with van der Waals surface area (Å²) in [6, 6.07) is 1.07. The van der Waals surface area contributed by atoms with Gasteiger partial charge in [-0.15, -0.1) is 0 Å². The third-order valence-corrected chi connectivity index (χ3v) is 3.22. The molecule has 94 valence electrons. The van der Waals surface area contributed by atoms with E-state index >= 15 is 0 Å². The summed E-state index contributed by atoms with van der Waals surface area (Å²) in [6.45, 7) is 8.45. The Bertz CT molecular complexity index is 347. The number of nitrogens with zero attached hydrogens (tertiary/aromatic N) is 3. The first-order chi connectivity index (χ1) is 8.16. The summed E-state index contributed by atoms with van der Waals surface area (Å²) in [5, 5.41) is 3.37. The van der Waals surface area contributed by atoms with Crippen LogP contribution in [-0.4, -0.2) is 28.6 Å². The lowest BCUT2D eigenvalue weighted by molar-refractivity contribution is 0.586. The van der Waals surface area contributed by atoms with Crippen molar-refractivity contribution in [3.8, 4) is 0 Å². The van der Waals surface area contributed by atoms with Crippen LogP contribution in [0.2, 0.25) is 0 Å². The zero-order valence-corrected chi connectivity index (χ0v) is 11.0. The summed E-state index contributed by atoms with van der Waals surface area (Å²) in [4.78, 5) is 11.2. The summed E-state index contributed by atoms with van der Waals surface area (Å²) in [7, 11) is 0. The van der Waals surface area contributed by atoms with Crippen molar-refractivity contribution in [2.75, 3.05) is 11.4 Å². The predicted molar refractivity (Wildman–Crippen MR) is 70.0 cm³/mol. The van der Waals surface area contributed by atoms with E-state index in [4.69, 9.17) is 0 Å². The average Bonchev–Trinajstić information content (AvgIpc) is 2.73. The van der Waals surface area contributed by atoms with E-state index < -0.39 is 0 Å². The van der Waals surface area contributed by atoms with E-state index in [0.29, 0.717) is 12.1 Å². The molecule has 1 aliphatic heterocycles. The minimum Gasteiger partial charge on any atom is -0.338 e. The van der Waals surface area contributed by atoms with Crippen LogP contribution >= 0.6 is 0 Å². The van der Waals surface area contributed by atoms with Crippen molar-refractivity contribution in [1.29, 1.82) is 0 Å². The van der Waals surface area contributed by atoms with Crippen LogP contribution in [0.25, 0.3) is 0 Å². The van der Waals surface area contributed by atoms with E-state index in [9.17, 15) is 0 Å². The van der Waals surface area contributed by atoms with Gasteiger partial charge in [0.15, 0.2) is 0 Å². The van der Waals surface area contributed by atoms with E-state index in [1.54, 1.807) is 0 Å². The third kappa shape index (κ3) is 3.16. The fourth-order valence-corrected chi connectivity index (χ4v) is 2.14. The fraction of sp³-hybridized carbons (Fsp3) is 0.692. The predicted octanol–water partition coefficient (Wildman–Crippen LogP) is 1.96. The quantitative estimate of drug-likeness (QED) is 0.864. The zero-order valence-electron chi connectivity index (χ0n) is 11.0.